The van der Waals surface area contributed by atoms with Gasteiger partial charge in [-0.05, 0) is 18.2 Å². The average molecular weight is 384 g/mol. The van der Waals surface area contributed by atoms with Crippen molar-refractivity contribution in [3.63, 3.8) is 0 Å². The zero-order valence-electron chi connectivity index (χ0n) is 14.7. The van der Waals surface area contributed by atoms with E-state index in [1.807, 2.05) is 6.07 Å². The third kappa shape index (κ3) is 4.73. The van der Waals surface area contributed by atoms with Crippen LogP contribution in [-0.4, -0.2) is 30.9 Å². The van der Waals surface area contributed by atoms with Crippen LogP contribution in [0.15, 0.2) is 66.1 Å². The lowest BCUT2D eigenvalue weighted by Crippen LogP contribution is -2.29. The number of nitrogens with one attached hydrogen (secondary N) is 2. The van der Waals surface area contributed by atoms with Crippen LogP contribution in [0.4, 0.5) is 10.1 Å². The van der Waals surface area contributed by atoms with E-state index in [1.54, 1.807) is 30.3 Å². The van der Waals surface area contributed by atoms with E-state index in [0.717, 1.165) is 0 Å². The quantitative estimate of drug-likeness (QED) is 0.560. The second-order valence-corrected chi connectivity index (χ2v) is 5.85. The summed E-state index contributed by atoms with van der Waals surface area (Å²) >= 11 is 0. The molecule has 0 spiro atoms. The Labute approximate surface area is 160 Å². The summed E-state index contributed by atoms with van der Waals surface area (Å²) in [6.45, 7) is -0.948. The van der Waals surface area contributed by atoms with Gasteiger partial charge in [-0.15, -0.1) is 0 Å². The number of carbonyl (C=O) groups excluding carboxylic acids is 3. The van der Waals surface area contributed by atoms with E-state index in [2.05, 4.69) is 10.6 Å². The molecule has 0 aromatic heterocycles. The minimum atomic E-state index is -0.970. The number of amides is 1. The van der Waals surface area contributed by atoms with Crippen LogP contribution < -0.4 is 10.6 Å². The lowest BCUT2D eigenvalue weighted by molar-refractivity contribution is -0.145. The number of halogens is 1. The van der Waals surface area contributed by atoms with E-state index >= 15 is 0 Å². The summed E-state index contributed by atoms with van der Waals surface area (Å²) in [6, 6.07) is 14.8. The number of anilines is 1. The summed E-state index contributed by atoms with van der Waals surface area (Å²) in [5.41, 5.74) is 0.643. The first-order chi connectivity index (χ1) is 13.5. The largest absolute Gasteiger partial charge is 0.470 e. The zero-order chi connectivity index (χ0) is 19.9. The fourth-order valence-electron chi connectivity index (χ4n) is 2.46. The Bertz CT molecular complexity index is 927. The molecule has 144 valence electrons. The molecule has 0 saturated heterocycles. The molecule has 0 fully saturated rings. The van der Waals surface area contributed by atoms with Gasteiger partial charge < -0.3 is 20.1 Å². The predicted octanol–water partition coefficient (Wildman–Crippen LogP) is 1.91. The molecule has 0 radical (unpaired) electrons. The molecular weight excluding hydrogens is 367 g/mol. The fraction of sp³-hybridized carbons (Fsp3) is 0.150. The van der Waals surface area contributed by atoms with Crippen LogP contribution in [0.3, 0.4) is 0 Å². The summed E-state index contributed by atoms with van der Waals surface area (Å²) in [4.78, 5) is 36.0. The van der Waals surface area contributed by atoms with Crippen molar-refractivity contribution in [1.29, 1.82) is 0 Å². The van der Waals surface area contributed by atoms with Gasteiger partial charge in [0.05, 0.1) is 0 Å². The Kier molecular flexibility index (Phi) is 6.01. The first kappa shape index (κ1) is 19.1. The van der Waals surface area contributed by atoms with E-state index in [4.69, 9.17) is 9.47 Å². The van der Waals surface area contributed by atoms with Crippen molar-refractivity contribution in [2.45, 2.75) is 6.54 Å². The molecule has 7 nitrogen and oxygen atoms in total. The third-order valence-electron chi connectivity index (χ3n) is 3.86. The predicted molar refractivity (Wildman–Crippen MR) is 97.3 cm³/mol. The van der Waals surface area contributed by atoms with Crippen molar-refractivity contribution in [2.75, 3.05) is 18.5 Å². The van der Waals surface area contributed by atoms with Crippen LogP contribution in [0.25, 0.3) is 0 Å². The highest BCUT2D eigenvalue weighted by atomic mass is 19.1. The van der Waals surface area contributed by atoms with Gasteiger partial charge in [0.1, 0.15) is 5.82 Å². The minimum absolute atomic E-state index is 0.0204. The monoisotopic (exact) mass is 384 g/mol. The van der Waals surface area contributed by atoms with Gasteiger partial charge in [-0.2, -0.15) is 0 Å². The van der Waals surface area contributed by atoms with Crippen molar-refractivity contribution in [3.8, 4) is 0 Å². The Hall–Kier alpha value is -3.68. The lowest BCUT2D eigenvalue weighted by Gasteiger charge is -2.09. The van der Waals surface area contributed by atoms with Gasteiger partial charge in [-0.1, -0.05) is 36.4 Å². The molecule has 3 rings (SSSR count). The molecule has 1 amide bonds. The number of ketones is 1. The number of carbonyl (C=O) groups is 3. The summed E-state index contributed by atoms with van der Waals surface area (Å²) < 4.78 is 23.6. The van der Waals surface area contributed by atoms with E-state index in [9.17, 15) is 18.8 Å². The molecule has 1 heterocycles. The molecule has 2 aromatic carbocycles. The number of esters is 1. The van der Waals surface area contributed by atoms with Gasteiger partial charge in [-0.25, -0.2) is 9.18 Å². The number of hydrogen-bond acceptors (Lipinski definition) is 6. The number of Topliss-reactive ketones (excluding diaryl/α,β-unsaturated/α-hetero) is 1. The maximum Gasteiger partial charge on any atom is 0.347 e. The number of ether oxygens (including phenoxy) is 2. The van der Waals surface area contributed by atoms with Crippen molar-refractivity contribution in [1.82, 2.24) is 5.32 Å². The maximum atomic E-state index is 13.5. The van der Waals surface area contributed by atoms with Crippen LogP contribution in [0, 0.1) is 5.82 Å². The van der Waals surface area contributed by atoms with Crippen LogP contribution in [-0.2, 0) is 30.4 Å². The van der Waals surface area contributed by atoms with Crippen LogP contribution in [0.2, 0.25) is 0 Å². The van der Waals surface area contributed by atoms with Gasteiger partial charge >= 0.3 is 5.97 Å². The SMILES string of the molecule is O=C(COC(=O)C1=C(Nc2ccccc2)OCC1=O)NCc1ccccc1F. The Morgan fingerprint density at radius 3 is 2.54 bits per heavy atom. The van der Waals surface area contributed by atoms with E-state index in [1.165, 1.54) is 18.2 Å². The number of para-hydroxylation sites is 1. The molecule has 0 atom stereocenters. The molecule has 1 aliphatic heterocycles. The maximum absolute atomic E-state index is 13.5. The summed E-state index contributed by atoms with van der Waals surface area (Å²) in [5.74, 6) is -2.61. The lowest BCUT2D eigenvalue weighted by atomic mass is 10.2. The molecule has 8 heteroatoms. The van der Waals surface area contributed by atoms with E-state index in [-0.39, 0.29) is 24.6 Å². The van der Waals surface area contributed by atoms with Crippen molar-refractivity contribution in [3.05, 3.63) is 77.4 Å². The summed E-state index contributed by atoms with van der Waals surface area (Å²) in [5, 5.41) is 5.28. The number of rotatable bonds is 7. The molecule has 0 unspecified atom stereocenters. The smallest absolute Gasteiger partial charge is 0.347 e. The molecule has 0 saturated carbocycles. The standard InChI is InChI=1S/C20H17FN2O5/c21-15-9-5-4-6-13(15)10-22-17(25)12-28-20(26)18-16(24)11-27-19(18)23-14-7-2-1-3-8-14/h1-9,23H,10-12H2,(H,22,25). The topological polar surface area (TPSA) is 93.7 Å². The van der Waals surface area contributed by atoms with E-state index in [0.29, 0.717) is 11.3 Å². The van der Waals surface area contributed by atoms with Gasteiger partial charge in [0.2, 0.25) is 11.7 Å². The normalized spacial score (nSPS) is 13.1. The van der Waals surface area contributed by atoms with Crippen molar-refractivity contribution in [2.24, 2.45) is 0 Å². The second kappa shape index (κ2) is 8.81. The van der Waals surface area contributed by atoms with Gasteiger partial charge in [0.25, 0.3) is 5.91 Å². The Morgan fingerprint density at radius 1 is 1.07 bits per heavy atom. The average Bonchev–Trinajstić information content (AvgIpc) is 3.06. The first-order valence-electron chi connectivity index (χ1n) is 8.44. The third-order valence-corrected chi connectivity index (χ3v) is 3.86. The molecule has 0 bridgehead atoms. The molecule has 2 aromatic rings. The van der Waals surface area contributed by atoms with Crippen molar-refractivity contribution < 1.29 is 28.2 Å². The van der Waals surface area contributed by atoms with E-state index < -0.39 is 30.1 Å². The highest BCUT2D eigenvalue weighted by molar-refractivity contribution is 6.20. The fourth-order valence-corrected chi connectivity index (χ4v) is 2.46. The first-order valence-corrected chi connectivity index (χ1v) is 8.44. The van der Waals surface area contributed by atoms with Gasteiger partial charge in [0.15, 0.2) is 18.8 Å². The van der Waals surface area contributed by atoms with Crippen LogP contribution in [0.5, 0.6) is 0 Å². The van der Waals surface area contributed by atoms with Crippen molar-refractivity contribution >= 4 is 23.3 Å². The molecule has 1 aliphatic rings. The number of benzene rings is 2. The zero-order valence-corrected chi connectivity index (χ0v) is 14.7. The molecule has 0 aliphatic carbocycles. The Morgan fingerprint density at radius 2 is 1.79 bits per heavy atom. The highest BCUT2D eigenvalue weighted by Gasteiger charge is 2.32. The minimum Gasteiger partial charge on any atom is -0.470 e. The van der Waals surface area contributed by atoms with Gasteiger partial charge in [-0.3, -0.25) is 9.59 Å². The molecular formula is C20H17FN2O5. The summed E-state index contributed by atoms with van der Waals surface area (Å²) in [6.07, 6.45) is 0. The summed E-state index contributed by atoms with van der Waals surface area (Å²) in [7, 11) is 0. The van der Waals surface area contributed by atoms with Gasteiger partial charge in [0, 0.05) is 17.8 Å². The number of hydrogen-bond donors (Lipinski definition) is 2. The van der Waals surface area contributed by atoms with Crippen LogP contribution in [0.1, 0.15) is 5.56 Å². The molecule has 2 N–H and O–H groups in total. The highest BCUT2D eigenvalue weighted by Crippen LogP contribution is 2.20. The second-order valence-electron chi connectivity index (χ2n) is 5.85. The van der Waals surface area contributed by atoms with Crippen LogP contribution >= 0.6 is 0 Å². The Balaban J connectivity index is 1.56. The molecule has 28 heavy (non-hydrogen) atoms.